The Labute approximate surface area is 114 Å². The van der Waals surface area contributed by atoms with Crippen LogP contribution in [0.5, 0.6) is 0 Å². The van der Waals surface area contributed by atoms with Gasteiger partial charge >= 0.3 is 18.3 Å². The molecule has 1 heterocycles. The number of rotatable bonds is 4. The van der Waals surface area contributed by atoms with Gasteiger partial charge in [0.15, 0.2) is 0 Å². The van der Waals surface area contributed by atoms with Gasteiger partial charge in [-0.25, -0.2) is 14.6 Å². The van der Waals surface area contributed by atoms with Crippen LogP contribution in [0.2, 0.25) is 0 Å². The van der Waals surface area contributed by atoms with Crippen LogP contribution in [0.15, 0.2) is 24.8 Å². The molecule has 0 radical (unpaired) electrons. The second kappa shape index (κ2) is 6.48. The van der Waals surface area contributed by atoms with Crippen molar-refractivity contribution in [3.05, 3.63) is 24.8 Å². The van der Waals surface area contributed by atoms with Crippen molar-refractivity contribution in [2.24, 2.45) is 0 Å². The van der Waals surface area contributed by atoms with Gasteiger partial charge in [-0.15, -0.1) is 6.58 Å². The number of carbonyl (C=O) groups excluding carboxylic acids is 1. The van der Waals surface area contributed by atoms with E-state index in [1.54, 1.807) is 0 Å². The number of alkyl halides is 6. The first kappa shape index (κ1) is 17.5. The Bertz CT molecular complexity index is 400. The summed E-state index contributed by atoms with van der Waals surface area (Å²) in [4.78, 5) is 20.3. The van der Waals surface area contributed by atoms with E-state index in [0.29, 0.717) is 6.08 Å². The highest BCUT2D eigenvalue weighted by Crippen LogP contribution is 2.35. The first-order chi connectivity index (χ1) is 9.54. The lowest BCUT2D eigenvalue weighted by molar-refractivity contribution is -0.312. The van der Waals surface area contributed by atoms with Gasteiger partial charge in [0, 0.05) is 12.5 Å². The van der Waals surface area contributed by atoms with Crippen LogP contribution in [-0.2, 0) is 19.3 Å². The Morgan fingerprint density at radius 3 is 2.10 bits per heavy atom. The summed E-state index contributed by atoms with van der Waals surface area (Å²) in [7, 11) is 0. The number of halogens is 6. The highest BCUT2D eigenvalue weighted by Gasteiger charge is 2.59. The van der Waals surface area contributed by atoms with Crippen molar-refractivity contribution in [1.29, 1.82) is 0 Å². The molecule has 120 valence electrons. The first-order valence-electron chi connectivity index (χ1n) is 5.51. The maximum absolute atomic E-state index is 12.1. The molecule has 4 nitrogen and oxygen atoms in total. The van der Waals surface area contributed by atoms with E-state index in [0.717, 1.165) is 6.08 Å². The third-order valence-corrected chi connectivity index (χ3v) is 2.31. The zero-order valence-corrected chi connectivity index (χ0v) is 10.3. The molecular weight excluding hydrogens is 310 g/mol. The van der Waals surface area contributed by atoms with E-state index in [-0.39, 0.29) is 6.42 Å². The van der Waals surface area contributed by atoms with Gasteiger partial charge in [-0.3, -0.25) is 0 Å². The van der Waals surface area contributed by atoms with Gasteiger partial charge in [0.1, 0.15) is 12.2 Å². The van der Waals surface area contributed by atoms with Gasteiger partial charge in [0.2, 0.25) is 0 Å². The summed E-state index contributed by atoms with van der Waals surface area (Å²) < 4.78 is 76.2. The molecule has 1 aliphatic heterocycles. The van der Waals surface area contributed by atoms with Crippen molar-refractivity contribution in [2.45, 2.75) is 37.1 Å². The molecule has 1 fully saturated rings. The standard InChI is InChI=1S/C11H10F6O4/c1-2-6-5-7(21-20-6)3-4-8(18)19-9(10(12,13)14)11(15,16)17/h2-4,6-7,9H,1,5H2/b4-3+/t6-,7-/m1/s1. The number of hydrogen-bond acceptors (Lipinski definition) is 4. The molecule has 21 heavy (non-hydrogen) atoms. The van der Waals surface area contributed by atoms with Crippen molar-refractivity contribution in [1.82, 2.24) is 0 Å². The Morgan fingerprint density at radius 2 is 1.67 bits per heavy atom. The third-order valence-electron chi connectivity index (χ3n) is 2.31. The molecule has 0 saturated carbocycles. The maximum atomic E-state index is 12.1. The van der Waals surface area contributed by atoms with Crippen molar-refractivity contribution in [2.75, 3.05) is 0 Å². The number of esters is 1. The minimum atomic E-state index is -5.75. The van der Waals surface area contributed by atoms with Crippen molar-refractivity contribution in [3.63, 3.8) is 0 Å². The van der Waals surface area contributed by atoms with Crippen molar-refractivity contribution >= 4 is 5.97 Å². The van der Waals surface area contributed by atoms with Crippen LogP contribution in [0.25, 0.3) is 0 Å². The van der Waals surface area contributed by atoms with Gasteiger partial charge < -0.3 is 4.74 Å². The molecule has 0 aromatic carbocycles. The summed E-state index contributed by atoms with van der Waals surface area (Å²) in [6.45, 7) is 3.40. The predicted molar refractivity (Wildman–Crippen MR) is 55.7 cm³/mol. The van der Waals surface area contributed by atoms with Gasteiger partial charge in [-0.1, -0.05) is 6.08 Å². The van der Waals surface area contributed by atoms with Crippen molar-refractivity contribution < 1.29 is 45.6 Å². The Morgan fingerprint density at radius 1 is 1.14 bits per heavy atom. The Hall–Kier alpha value is -1.55. The average Bonchev–Trinajstić information content (AvgIpc) is 2.78. The molecule has 1 aliphatic rings. The number of carbonyl (C=O) groups is 1. The van der Waals surface area contributed by atoms with Crippen LogP contribution in [-0.4, -0.2) is 36.6 Å². The molecule has 0 unspecified atom stereocenters. The molecule has 2 atom stereocenters. The second-order valence-corrected chi connectivity index (χ2v) is 4.00. The van der Waals surface area contributed by atoms with Crippen LogP contribution < -0.4 is 0 Å². The summed E-state index contributed by atoms with van der Waals surface area (Å²) in [5.74, 6) is -1.79. The molecule has 0 bridgehead atoms. The summed E-state index contributed by atoms with van der Waals surface area (Å²) >= 11 is 0. The number of ether oxygens (including phenoxy) is 1. The zero-order chi connectivity index (χ0) is 16.3. The second-order valence-electron chi connectivity index (χ2n) is 4.00. The molecule has 10 heteroatoms. The lowest BCUT2D eigenvalue weighted by Gasteiger charge is -2.22. The molecule has 0 aromatic heterocycles. The highest BCUT2D eigenvalue weighted by atomic mass is 19.4. The zero-order valence-electron chi connectivity index (χ0n) is 10.3. The monoisotopic (exact) mass is 320 g/mol. The molecule has 0 N–H and O–H groups in total. The van der Waals surface area contributed by atoms with E-state index in [9.17, 15) is 31.1 Å². The quantitative estimate of drug-likeness (QED) is 0.263. The van der Waals surface area contributed by atoms with Gasteiger partial charge in [-0.2, -0.15) is 26.3 Å². The summed E-state index contributed by atoms with van der Waals surface area (Å²) in [5.41, 5.74) is 0. The van der Waals surface area contributed by atoms with Gasteiger partial charge in [-0.05, 0) is 6.08 Å². The smallest absolute Gasteiger partial charge is 0.434 e. The van der Waals surface area contributed by atoms with E-state index in [4.69, 9.17) is 0 Å². The van der Waals surface area contributed by atoms with Crippen LogP contribution in [0.4, 0.5) is 26.3 Å². The fourth-order valence-electron chi connectivity index (χ4n) is 1.36. The van der Waals surface area contributed by atoms with Crippen molar-refractivity contribution in [3.8, 4) is 0 Å². The fourth-order valence-corrected chi connectivity index (χ4v) is 1.36. The molecular formula is C11H10F6O4. The molecule has 0 amide bonds. The van der Waals surface area contributed by atoms with E-state index >= 15 is 0 Å². The highest BCUT2D eigenvalue weighted by molar-refractivity contribution is 5.82. The van der Waals surface area contributed by atoms with Crippen LogP contribution in [0.3, 0.4) is 0 Å². The lowest BCUT2D eigenvalue weighted by atomic mass is 10.1. The fraction of sp³-hybridized carbons (Fsp3) is 0.545. The Kier molecular flexibility index (Phi) is 5.40. The average molecular weight is 320 g/mol. The topological polar surface area (TPSA) is 44.8 Å². The maximum Gasteiger partial charge on any atom is 0.434 e. The minimum absolute atomic E-state index is 0.218. The van der Waals surface area contributed by atoms with Crippen LogP contribution in [0.1, 0.15) is 6.42 Å². The molecule has 1 rings (SSSR count). The van der Waals surface area contributed by atoms with Gasteiger partial charge in [0.25, 0.3) is 6.10 Å². The predicted octanol–water partition coefficient (Wildman–Crippen LogP) is 2.85. The molecule has 0 spiro atoms. The number of hydrogen-bond donors (Lipinski definition) is 0. The largest absolute Gasteiger partial charge is 0.440 e. The molecule has 0 aliphatic carbocycles. The first-order valence-corrected chi connectivity index (χ1v) is 5.51. The summed E-state index contributed by atoms with van der Waals surface area (Å²) in [6, 6.07) is 0. The van der Waals surface area contributed by atoms with Crippen LogP contribution >= 0.6 is 0 Å². The molecule has 0 aromatic rings. The Balaban J connectivity index is 2.61. The summed E-state index contributed by atoms with van der Waals surface area (Å²) in [5, 5.41) is 0. The van der Waals surface area contributed by atoms with E-state index in [2.05, 4.69) is 21.1 Å². The molecule has 1 saturated heterocycles. The van der Waals surface area contributed by atoms with Gasteiger partial charge in [0.05, 0.1) is 0 Å². The normalized spacial score (nSPS) is 23.8. The van der Waals surface area contributed by atoms with E-state index < -0.39 is 36.6 Å². The van der Waals surface area contributed by atoms with E-state index in [1.807, 2.05) is 0 Å². The van der Waals surface area contributed by atoms with E-state index in [1.165, 1.54) is 6.08 Å². The lowest BCUT2D eigenvalue weighted by Crippen LogP contribution is -2.45. The minimum Gasteiger partial charge on any atom is -0.440 e. The third kappa shape index (κ3) is 5.38. The summed E-state index contributed by atoms with van der Waals surface area (Å²) in [6.07, 6.45) is -14.0. The SMILES string of the molecule is C=C[C@@H]1C[C@@H](/C=C/C(=O)OC(C(F)(F)F)C(F)(F)F)OO1. The van der Waals surface area contributed by atoms with Crippen LogP contribution in [0, 0.1) is 0 Å².